The van der Waals surface area contributed by atoms with Gasteiger partial charge in [0.25, 0.3) is 5.91 Å². The molecule has 5 heteroatoms. The number of carbonyl (C=O) groups is 1. The summed E-state index contributed by atoms with van der Waals surface area (Å²) in [5.74, 6) is 0.00339. The first-order chi connectivity index (χ1) is 9.11. The van der Waals surface area contributed by atoms with Crippen LogP contribution >= 0.6 is 0 Å². The third-order valence-electron chi connectivity index (χ3n) is 3.45. The van der Waals surface area contributed by atoms with Crippen LogP contribution in [0.25, 0.3) is 5.52 Å². The molecule has 2 aromatic heterocycles. The molecule has 2 aromatic rings. The zero-order chi connectivity index (χ0) is 13.8. The van der Waals surface area contributed by atoms with E-state index in [9.17, 15) is 9.90 Å². The number of nitrogens with one attached hydrogen (secondary N) is 1. The number of nitrogens with zero attached hydrogens (tertiary/aromatic N) is 2. The highest BCUT2D eigenvalue weighted by atomic mass is 16.3. The number of aromatic nitrogens is 2. The van der Waals surface area contributed by atoms with Crippen molar-refractivity contribution < 1.29 is 9.90 Å². The number of fused-ring (bicyclic) bond motifs is 1. The Labute approximate surface area is 112 Å². The topological polar surface area (TPSA) is 66.6 Å². The van der Waals surface area contributed by atoms with Crippen molar-refractivity contribution in [2.24, 2.45) is 5.92 Å². The summed E-state index contributed by atoms with van der Waals surface area (Å²) in [4.78, 5) is 16.0. The molecule has 0 fully saturated rings. The van der Waals surface area contributed by atoms with Crippen LogP contribution in [0.1, 0.15) is 30.6 Å². The minimum absolute atomic E-state index is 0.175. The zero-order valence-electron chi connectivity index (χ0n) is 11.2. The number of aliphatic hydroxyl groups is 1. The lowest BCUT2D eigenvalue weighted by molar-refractivity contribution is 0.0850. The normalized spacial score (nSPS) is 14.3. The molecule has 2 N–H and O–H groups in total. The number of hydrogen-bond acceptors (Lipinski definition) is 3. The average molecular weight is 261 g/mol. The number of carbonyl (C=O) groups excluding carboxylic acids is 1. The molecule has 19 heavy (non-hydrogen) atoms. The zero-order valence-corrected chi connectivity index (χ0v) is 11.2. The van der Waals surface area contributed by atoms with Crippen LogP contribution in [0, 0.1) is 5.92 Å². The van der Waals surface area contributed by atoms with Gasteiger partial charge in [-0.15, -0.1) is 0 Å². The summed E-state index contributed by atoms with van der Waals surface area (Å²) in [6, 6.07) is 3.51. The van der Waals surface area contributed by atoms with Gasteiger partial charge in [0.05, 0.1) is 24.1 Å². The Kier molecular flexibility index (Phi) is 4.16. The number of pyridine rings is 1. The molecule has 0 saturated heterocycles. The van der Waals surface area contributed by atoms with Crippen LogP contribution in [0.15, 0.2) is 30.9 Å². The molecular formula is C14H19N3O2. The summed E-state index contributed by atoms with van der Waals surface area (Å²) >= 11 is 0. The Hall–Kier alpha value is -1.88. The molecule has 0 aliphatic carbocycles. The second kappa shape index (κ2) is 5.84. The van der Waals surface area contributed by atoms with Crippen molar-refractivity contribution in [2.45, 2.75) is 26.4 Å². The van der Waals surface area contributed by atoms with Gasteiger partial charge in [-0.1, -0.05) is 20.3 Å². The van der Waals surface area contributed by atoms with Crippen molar-refractivity contribution >= 4 is 11.4 Å². The van der Waals surface area contributed by atoms with E-state index < -0.39 is 6.10 Å². The summed E-state index contributed by atoms with van der Waals surface area (Å²) in [5.41, 5.74) is 1.44. The molecule has 5 nitrogen and oxygen atoms in total. The summed E-state index contributed by atoms with van der Waals surface area (Å²) < 4.78 is 1.84. The van der Waals surface area contributed by atoms with Gasteiger partial charge < -0.3 is 14.8 Å². The maximum atomic E-state index is 12.0. The molecule has 2 rings (SSSR count). The predicted molar refractivity (Wildman–Crippen MR) is 73.0 cm³/mol. The van der Waals surface area contributed by atoms with E-state index >= 15 is 0 Å². The summed E-state index contributed by atoms with van der Waals surface area (Å²) in [6.45, 7) is 4.26. The molecule has 0 radical (unpaired) electrons. The van der Waals surface area contributed by atoms with E-state index in [0.29, 0.717) is 5.56 Å². The van der Waals surface area contributed by atoms with Crippen molar-refractivity contribution in [1.29, 1.82) is 0 Å². The minimum Gasteiger partial charge on any atom is -0.391 e. The lowest BCUT2D eigenvalue weighted by atomic mass is 10.0. The predicted octanol–water partition coefficient (Wildman–Crippen LogP) is 1.47. The SMILES string of the molecule is CCC(C)C(O)CNC(=O)c1ccn2cncc2c1. The lowest BCUT2D eigenvalue weighted by Gasteiger charge is -2.17. The highest BCUT2D eigenvalue weighted by Gasteiger charge is 2.14. The van der Waals surface area contributed by atoms with E-state index in [2.05, 4.69) is 10.3 Å². The van der Waals surface area contributed by atoms with E-state index in [1.54, 1.807) is 30.9 Å². The largest absolute Gasteiger partial charge is 0.391 e. The molecule has 0 aliphatic heterocycles. The van der Waals surface area contributed by atoms with Gasteiger partial charge in [-0.05, 0) is 18.1 Å². The number of hydrogen-bond donors (Lipinski definition) is 2. The quantitative estimate of drug-likeness (QED) is 0.856. The number of imidazole rings is 1. The van der Waals surface area contributed by atoms with Crippen LogP contribution in [0.3, 0.4) is 0 Å². The molecule has 1 amide bonds. The van der Waals surface area contributed by atoms with Gasteiger partial charge in [-0.25, -0.2) is 4.98 Å². The fraction of sp³-hybridized carbons (Fsp3) is 0.429. The van der Waals surface area contributed by atoms with Gasteiger partial charge >= 0.3 is 0 Å². The van der Waals surface area contributed by atoms with Crippen molar-refractivity contribution in [3.63, 3.8) is 0 Å². The standard InChI is InChI=1S/C14H19N3O2/c1-3-10(2)13(18)8-16-14(19)11-4-5-17-9-15-7-12(17)6-11/h4-7,9-10,13,18H,3,8H2,1-2H3,(H,16,19). The minimum atomic E-state index is -0.507. The monoisotopic (exact) mass is 261 g/mol. The summed E-state index contributed by atoms with van der Waals surface area (Å²) in [6.07, 6.45) is 5.56. The Morgan fingerprint density at radius 2 is 2.37 bits per heavy atom. The molecule has 102 valence electrons. The summed E-state index contributed by atoms with van der Waals surface area (Å²) in [5, 5.41) is 12.6. The van der Waals surface area contributed by atoms with E-state index in [0.717, 1.165) is 11.9 Å². The molecule has 0 bridgehead atoms. The fourth-order valence-corrected chi connectivity index (χ4v) is 1.83. The molecule has 2 unspecified atom stereocenters. The van der Waals surface area contributed by atoms with Crippen LogP contribution in [0.4, 0.5) is 0 Å². The maximum Gasteiger partial charge on any atom is 0.251 e. The maximum absolute atomic E-state index is 12.0. The second-order valence-electron chi connectivity index (χ2n) is 4.80. The highest BCUT2D eigenvalue weighted by molar-refractivity contribution is 5.95. The first-order valence-corrected chi connectivity index (χ1v) is 6.49. The summed E-state index contributed by atoms with van der Waals surface area (Å²) in [7, 11) is 0. The van der Waals surface area contributed by atoms with Gasteiger partial charge in [0, 0.05) is 18.3 Å². The van der Waals surface area contributed by atoms with Crippen LogP contribution in [0.2, 0.25) is 0 Å². The number of amides is 1. The van der Waals surface area contributed by atoms with Crippen LogP contribution < -0.4 is 5.32 Å². The molecule has 0 saturated carbocycles. The van der Waals surface area contributed by atoms with E-state index in [4.69, 9.17) is 0 Å². The molecule has 0 aromatic carbocycles. The number of rotatable bonds is 5. The van der Waals surface area contributed by atoms with Crippen LogP contribution in [-0.4, -0.2) is 33.0 Å². The lowest BCUT2D eigenvalue weighted by Crippen LogP contribution is -2.35. The Bertz CT molecular complexity index is 565. The smallest absolute Gasteiger partial charge is 0.251 e. The third-order valence-corrected chi connectivity index (χ3v) is 3.45. The molecule has 0 spiro atoms. The Morgan fingerprint density at radius 1 is 1.58 bits per heavy atom. The Balaban J connectivity index is 1.99. The van der Waals surface area contributed by atoms with E-state index in [1.165, 1.54) is 0 Å². The van der Waals surface area contributed by atoms with Crippen molar-refractivity contribution in [1.82, 2.24) is 14.7 Å². The van der Waals surface area contributed by atoms with Crippen LogP contribution in [-0.2, 0) is 0 Å². The highest BCUT2D eigenvalue weighted by Crippen LogP contribution is 2.08. The average Bonchev–Trinajstić information content (AvgIpc) is 2.90. The van der Waals surface area contributed by atoms with Crippen molar-refractivity contribution in [2.75, 3.05) is 6.54 Å². The Morgan fingerprint density at radius 3 is 3.11 bits per heavy atom. The van der Waals surface area contributed by atoms with Crippen molar-refractivity contribution in [3.05, 3.63) is 36.4 Å². The first kappa shape index (κ1) is 13.5. The molecule has 2 heterocycles. The molecule has 2 atom stereocenters. The molecule has 0 aliphatic rings. The van der Waals surface area contributed by atoms with Gasteiger partial charge in [0.2, 0.25) is 0 Å². The van der Waals surface area contributed by atoms with Gasteiger partial charge in [-0.2, -0.15) is 0 Å². The first-order valence-electron chi connectivity index (χ1n) is 6.49. The van der Waals surface area contributed by atoms with Crippen LogP contribution in [0.5, 0.6) is 0 Å². The number of aliphatic hydroxyl groups excluding tert-OH is 1. The van der Waals surface area contributed by atoms with E-state index in [1.807, 2.05) is 18.2 Å². The second-order valence-corrected chi connectivity index (χ2v) is 4.80. The fourth-order valence-electron chi connectivity index (χ4n) is 1.83. The van der Waals surface area contributed by atoms with E-state index in [-0.39, 0.29) is 18.4 Å². The van der Waals surface area contributed by atoms with Crippen molar-refractivity contribution in [3.8, 4) is 0 Å². The van der Waals surface area contributed by atoms with Gasteiger partial charge in [0.15, 0.2) is 0 Å². The molecular weight excluding hydrogens is 242 g/mol. The third kappa shape index (κ3) is 3.12. The van der Waals surface area contributed by atoms with Gasteiger partial charge in [0.1, 0.15) is 0 Å². The van der Waals surface area contributed by atoms with Gasteiger partial charge in [-0.3, -0.25) is 4.79 Å².